The van der Waals surface area contributed by atoms with Crippen LogP contribution in [0.25, 0.3) is 0 Å². The highest BCUT2D eigenvalue weighted by Gasteiger charge is 2.32. The average Bonchev–Trinajstić information content (AvgIpc) is 2.60. The van der Waals surface area contributed by atoms with Gasteiger partial charge >= 0.3 is 0 Å². The smallest absolute Gasteiger partial charge is 0.253 e. The molecule has 0 radical (unpaired) electrons. The van der Waals surface area contributed by atoms with E-state index in [4.69, 9.17) is 5.73 Å². The molecule has 0 spiro atoms. The molecule has 1 fully saturated rings. The molecule has 0 aliphatic heterocycles. The van der Waals surface area contributed by atoms with E-state index >= 15 is 0 Å². The van der Waals surface area contributed by atoms with Gasteiger partial charge in [-0.1, -0.05) is 25.3 Å². The van der Waals surface area contributed by atoms with Gasteiger partial charge in [0.2, 0.25) is 5.91 Å². The van der Waals surface area contributed by atoms with Crippen LogP contribution >= 0.6 is 0 Å². The van der Waals surface area contributed by atoms with E-state index in [1.165, 1.54) is 6.42 Å². The summed E-state index contributed by atoms with van der Waals surface area (Å²) in [6.07, 6.45) is 5.37. The molecule has 1 aliphatic carbocycles. The summed E-state index contributed by atoms with van der Waals surface area (Å²) in [5.74, 6) is -0.524. The molecule has 6 heteroatoms. The van der Waals surface area contributed by atoms with Gasteiger partial charge in [-0.25, -0.2) is 0 Å². The molecule has 0 bridgehead atoms. The summed E-state index contributed by atoms with van der Waals surface area (Å²) in [5, 5.41) is 6.40. The van der Waals surface area contributed by atoms with Gasteiger partial charge in [0.15, 0.2) is 0 Å². The van der Waals surface area contributed by atoms with Gasteiger partial charge in [-0.3, -0.25) is 14.4 Å². The summed E-state index contributed by atoms with van der Waals surface area (Å²) in [4.78, 5) is 35.9. The largest absolute Gasteiger partial charge is 0.375 e. The molecule has 1 amide bonds. The van der Waals surface area contributed by atoms with Crippen LogP contribution in [0.5, 0.6) is 0 Å². The van der Waals surface area contributed by atoms with Crippen molar-refractivity contribution >= 4 is 23.0 Å². The van der Waals surface area contributed by atoms with Gasteiger partial charge in [0.05, 0.1) is 0 Å². The first-order valence-corrected chi connectivity index (χ1v) is 9.02. The highest BCUT2D eigenvalue weighted by molar-refractivity contribution is 5.96. The lowest BCUT2D eigenvalue weighted by molar-refractivity contribution is 0.1000. The summed E-state index contributed by atoms with van der Waals surface area (Å²) >= 11 is 0. The maximum absolute atomic E-state index is 12.2. The van der Waals surface area contributed by atoms with Crippen LogP contribution in [-0.4, -0.2) is 11.4 Å². The second-order valence-corrected chi connectivity index (χ2v) is 7.57. The van der Waals surface area contributed by atoms with E-state index in [2.05, 4.69) is 17.6 Å². The molecule has 4 N–H and O–H groups in total. The van der Waals surface area contributed by atoms with E-state index in [9.17, 15) is 14.4 Å². The van der Waals surface area contributed by atoms with Gasteiger partial charge in [0.1, 0.15) is 11.4 Å². The molecule has 6 nitrogen and oxygen atoms in total. The van der Waals surface area contributed by atoms with Crippen LogP contribution in [0.2, 0.25) is 0 Å². The van der Waals surface area contributed by atoms with Crippen molar-refractivity contribution in [1.29, 1.82) is 0 Å². The first kappa shape index (κ1) is 18.2. The third kappa shape index (κ3) is 3.11. The SMILES string of the molecule is Cc1ccc(C(N)=O)c(C)c1Nc1c(NC2(C)CCCCC2)c(=O)c1=O. The third-order valence-corrected chi connectivity index (χ3v) is 5.48. The Morgan fingerprint density at radius 3 is 2.23 bits per heavy atom. The minimum atomic E-state index is -0.532. The lowest BCUT2D eigenvalue weighted by atomic mass is 9.83. The van der Waals surface area contributed by atoms with Crippen molar-refractivity contribution in [2.75, 3.05) is 10.6 Å². The Balaban J connectivity index is 1.94. The van der Waals surface area contributed by atoms with Gasteiger partial charge in [0, 0.05) is 16.8 Å². The Morgan fingerprint density at radius 1 is 1.00 bits per heavy atom. The van der Waals surface area contributed by atoms with Crippen molar-refractivity contribution in [3.63, 3.8) is 0 Å². The molecule has 0 heterocycles. The van der Waals surface area contributed by atoms with E-state index in [1.807, 2.05) is 6.92 Å². The minimum Gasteiger partial charge on any atom is -0.375 e. The van der Waals surface area contributed by atoms with E-state index in [1.54, 1.807) is 19.1 Å². The molecule has 0 atom stereocenters. The molecular formula is C20H25N3O3. The van der Waals surface area contributed by atoms with Crippen molar-refractivity contribution in [1.82, 2.24) is 0 Å². The lowest BCUT2D eigenvalue weighted by Crippen LogP contribution is -2.44. The van der Waals surface area contributed by atoms with Gasteiger partial charge in [-0.2, -0.15) is 0 Å². The molecule has 2 aromatic carbocycles. The molecule has 1 saturated carbocycles. The highest BCUT2D eigenvalue weighted by Crippen LogP contribution is 2.34. The van der Waals surface area contributed by atoms with E-state index in [-0.39, 0.29) is 11.2 Å². The number of amides is 1. The van der Waals surface area contributed by atoms with E-state index in [0.717, 1.165) is 31.2 Å². The Kier molecular flexibility index (Phi) is 4.61. The van der Waals surface area contributed by atoms with Crippen LogP contribution in [0.1, 0.15) is 60.5 Å². The van der Waals surface area contributed by atoms with Crippen molar-refractivity contribution in [2.45, 2.75) is 58.4 Å². The number of hydrogen-bond acceptors (Lipinski definition) is 5. The lowest BCUT2D eigenvalue weighted by Gasteiger charge is -2.36. The van der Waals surface area contributed by atoms with Gasteiger partial charge < -0.3 is 16.4 Å². The van der Waals surface area contributed by atoms with Gasteiger partial charge in [-0.15, -0.1) is 0 Å². The predicted molar refractivity (Wildman–Crippen MR) is 104 cm³/mol. The molecule has 138 valence electrons. The zero-order valence-electron chi connectivity index (χ0n) is 15.5. The summed E-state index contributed by atoms with van der Waals surface area (Å²) in [6, 6.07) is 3.44. The summed E-state index contributed by atoms with van der Waals surface area (Å²) in [7, 11) is 0. The Hall–Kier alpha value is -2.63. The zero-order valence-corrected chi connectivity index (χ0v) is 15.5. The van der Waals surface area contributed by atoms with Crippen molar-refractivity contribution in [3.05, 3.63) is 49.3 Å². The fourth-order valence-corrected chi connectivity index (χ4v) is 3.82. The molecule has 2 aromatic rings. The number of hydrogen-bond donors (Lipinski definition) is 3. The van der Waals surface area contributed by atoms with E-state index < -0.39 is 16.8 Å². The minimum absolute atomic E-state index is 0.171. The summed E-state index contributed by atoms with van der Waals surface area (Å²) in [5.41, 5.74) is 7.43. The van der Waals surface area contributed by atoms with Crippen LogP contribution in [0, 0.1) is 13.8 Å². The molecule has 1 aliphatic rings. The topological polar surface area (TPSA) is 101 Å². The number of carbonyl (C=O) groups is 1. The number of rotatable bonds is 5. The van der Waals surface area contributed by atoms with Gasteiger partial charge in [0.25, 0.3) is 10.9 Å². The van der Waals surface area contributed by atoms with Crippen LogP contribution < -0.4 is 27.2 Å². The second-order valence-electron chi connectivity index (χ2n) is 7.57. The molecular weight excluding hydrogens is 330 g/mol. The maximum atomic E-state index is 12.2. The number of aryl methyl sites for hydroxylation is 1. The Morgan fingerprint density at radius 2 is 1.62 bits per heavy atom. The maximum Gasteiger partial charge on any atom is 0.253 e. The highest BCUT2D eigenvalue weighted by atomic mass is 16.2. The van der Waals surface area contributed by atoms with Gasteiger partial charge in [-0.05, 0) is 50.8 Å². The number of carbonyl (C=O) groups excluding carboxylic acids is 1. The Labute approximate surface area is 152 Å². The van der Waals surface area contributed by atoms with Crippen molar-refractivity contribution in [2.24, 2.45) is 5.73 Å². The number of nitrogens with one attached hydrogen (secondary N) is 2. The van der Waals surface area contributed by atoms with Crippen LogP contribution in [0.4, 0.5) is 17.1 Å². The Bertz CT molecular complexity index is 933. The van der Waals surface area contributed by atoms with Crippen LogP contribution in [-0.2, 0) is 0 Å². The quantitative estimate of drug-likeness (QED) is 0.716. The molecule has 3 rings (SSSR count). The predicted octanol–water partition coefficient (Wildman–Crippen LogP) is 2.88. The fraction of sp³-hybridized carbons (Fsp3) is 0.450. The van der Waals surface area contributed by atoms with Crippen LogP contribution in [0.3, 0.4) is 0 Å². The number of nitrogens with two attached hydrogens (primary N) is 1. The number of primary amides is 1. The molecule has 0 aromatic heterocycles. The van der Waals surface area contributed by atoms with Crippen molar-refractivity contribution < 1.29 is 4.79 Å². The average molecular weight is 355 g/mol. The van der Waals surface area contributed by atoms with E-state index in [0.29, 0.717) is 22.5 Å². The molecule has 0 saturated heterocycles. The monoisotopic (exact) mass is 355 g/mol. The number of benzene rings is 1. The summed E-state index contributed by atoms with van der Waals surface area (Å²) < 4.78 is 0. The first-order chi connectivity index (χ1) is 12.2. The summed E-state index contributed by atoms with van der Waals surface area (Å²) in [6.45, 7) is 5.74. The second kappa shape index (κ2) is 6.59. The third-order valence-electron chi connectivity index (χ3n) is 5.48. The molecule has 26 heavy (non-hydrogen) atoms. The first-order valence-electron chi connectivity index (χ1n) is 9.02. The standard InChI is InChI=1S/C20H25N3O3/c1-11-7-8-13(19(21)26)12(2)14(11)22-15-16(18(25)17(15)24)23-20(3)9-5-4-6-10-20/h7-8,22-23H,4-6,9-10H2,1-3H3,(H2,21,26). The fourth-order valence-electron chi connectivity index (χ4n) is 3.82. The van der Waals surface area contributed by atoms with Crippen LogP contribution in [0.15, 0.2) is 21.7 Å². The normalized spacial score (nSPS) is 16.4. The zero-order chi connectivity index (χ0) is 19.1. The van der Waals surface area contributed by atoms with Crippen molar-refractivity contribution in [3.8, 4) is 0 Å². The molecule has 0 unspecified atom stereocenters. The number of anilines is 3.